The van der Waals surface area contributed by atoms with Gasteiger partial charge in [0.15, 0.2) is 0 Å². The van der Waals surface area contributed by atoms with Gasteiger partial charge in [0, 0.05) is 12.1 Å². The molecule has 0 bridgehead atoms. The standard InChI is InChI=1S/C15H23NO/c1-11-6-5-7-13(10-11)12(2)16-14-8-3-4-9-15(14)17/h5-7,10,12,14-17H,3-4,8-9H2,1-2H3/t12-,14?,15?/m1/s1. The fourth-order valence-electron chi connectivity index (χ4n) is 2.66. The maximum absolute atomic E-state index is 9.96. The Bertz CT molecular complexity index is 364. The van der Waals surface area contributed by atoms with Crippen molar-refractivity contribution in [1.29, 1.82) is 0 Å². The van der Waals surface area contributed by atoms with Crippen molar-refractivity contribution >= 4 is 0 Å². The lowest BCUT2D eigenvalue weighted by Gasteiger charge is -2.31. The van der Waals surface area contributed by atoms with Crippen LogP contribution in [0.25, 0.3) is 0 Å². The molecule has 2 nitrogen and oxygen atoms in total. The summed E-state index contributed by atoms with van der Waals surface area (Å²) in [5.74, 6) is 0. The largest absolute Gasteiger partial charge is 0.392 e. The molecule has 2 unspecified atom stereocenters. The Labute approximate surface area is 104 Å². The van der Waals surface area contributed by atoms with Crippen molar-refractivity contribution in [1.82, 2.24) is 5.32 Å². The predicted molar refractivity (Wildman–Crippen MR) is 71.0 cm³/mol. The van der Waals surface area contributed by atoms with Crippen molar-refractivity contribution in [3.63, 3.8) is 0 Å². The van der Waals surface area contributed by atoms with Gasteiger partial charge < -0.3 is 10.4 Å². The molecule has 0 amide bonds. The summed E-state index contributed by atoms with van der Waals surface area (Å²) in [6.45, 7) is 4.29. The third-order valence-corrected chi connectivity index (χ3v) is 3.74. The first kappa shape index (κ1) is 12.6. The molecule has 2 rings (SSSR count). The second-order valence-electron chi connectivity index (χ2n) is 5.26. The highest BCUT2D eigenvalue weighted by atomic mass is 16.3. The van der Waals surface area contributed by atoms with Crippen LogP contribution < -0.4 is 5.32 Å². The van der Waals surface area contributed by atoms with Gasteiger partial charge in [0.2, 0.25) is 0 Å². The van der Waals surface area contributed by atoms with E-state index in [1.54, 1.807) is 0 Å². The smallest absolute Gasteiger partial charge is 0.0693 e. The third-order valence-electron chi connectivity index (χ3n) is 3.74. The number of aliphatic hydroxyl groups excluding tert-OH is 1. The molecule has 0 saturated heterocycles. The van der Waals surface area contributed by atoms with E-state index in [4.69, 9.17) is 0 Å². The SMILES string of the molecule is Cc1cccc([C@@H](C)NC2CCCCC2O)c1. The molecule has 2 heteroatoms. The summed E-state index contributed by atoms with van der Waals surface area (Å²) in [6.07, 6.45) is 4.26. The van der Waals surface area contributed by atoms with E-state index >= 15 is 0 Å². The van der Waals surface area contributed by atoms with Gasteiger partial charge in [0.1, 0.15) is 0 Å². The zero-order valence-corrected chi connectivity index (χ0v) is 10.8. The summed E-state index contributed by atoms with van der Waals surface area (Å²) >= 11 is 0. The lowest BCUT2D eigenvalue weighted by atomic mass is 9.91. The first-order chi connectivity index (χ1) is 8.16. The van der Waals surface area contributed by atoms with Gasteiger partial charge in [-0.1, -0.05) is 42.7 Å². The number of nitrogens with one attached hydrogen (secondary N) is 1. The van der Waals surface area contributed by atoms with Crippen LogP contribution in [0.5, 0.6) is 0 Å². The summed E-state index contributed by atoms with van der Waals surface area (Å²) in [5, 5.41) is 13.5. The Morgan fingerprint density at radius 2 is 2.06 bits per heavy atom. The minimum Gasteiger partial charge on any atom is -0.392 e. The van der Waals surface area contributed by atoms with E-state index in [0.717, 1.165) is 19.3 Å². The van der Waals surface area contributed by atoms with Crippen LogP contribution in [0.4, 0.5) is 0 Å². The Kier molecular flexibility index (Phi) is 4.19. The van der Waals surface area contributed by atoms with E-state index in [0.29, 0.717) is 6.04 Å². The highest BCUT2D eigenvalue weighted by molar-refractivity contribution is 5.24. The highest BCUT2D eigenvalue weighted by Gasteiger charge is 2.24. The van der Waals surface area contributed by atoms with Crippen molar-refractivity contribution in [3.05, 3.63) is 35.4 Å². The molecule has 0 radical (unpaired) electrons. The summed E-state index contributed by atoms with van der Waals surface area (Å²) in [7, 11) is 0. The van der Waals surface area contributed by atoms with Gasteiger partial charge in [-0.25, -0.2) is 0 Å². The number of rotatable bonds is 3. The molecule has 0 heterocycles. The molecular formula is C15H23NO. The normalized spacial score (nSPS) is 26.8. The molecule has 1 fully saturated rings. The molecule has 1 aliphatic carbocycles. The molecule has 0 aliphatic heterocycles. The van der Waals surface area contributed by atoms with Crippen molar-refractivity contribution in [2.45, 2.75) is 57.7 Å². The number of benzene rings is 1. The average molecular weight is 233 g/mol. The van der Waals surface area contributed by atoms with Crippen molar-refractivity contribution in [3.8, 4) is 0 Å². The van der Waals surface area contributed by atoms with Crippen molar-refractivity contribution < 1.29 is 5.11 Å². The molecule has 2 N–H and O–H groups in total. The summed E-state index contributed by atoms with van der Waals surface area (Å²) in [4.78, 5) is 0. The fraction of sp³-hybridized carbons (Fsp3) is 0.600. The van der Waals surface area contributed by atoms with Gasteiger partial charge in [0.25, 0.3) is 0 Å². The maximum Gasteiger partial charge on any atom is 0.0693 e. The van der Waals surface area contributed by atoms with Crippen LogP contribution in [0.2, 0.25) is 0 Å². The summed E-state index contributed by atoms with van der Waals surface area (Å²) in [5.41, 5.74) is 2.60. The lowest BCUT2D eigenvalue weighted by Crippen LogP contribution is -2.43. The third kappa shape index (κ3) is 3.30. The van der Waals surface area contributed by atoms with E-state index in [1.165, 1.54) is 17.5 Å². The molecule has 1 saturated carbocycles. The molecule has 0 aromatic heterocycles. The number of aliphatic hydroxyl groups is 1. The van der Waals surface area contributed by atoms with Crippen LogP contribution in [-0.2, 0) is 0 Å². The Morgan fingerprint density at radius 3 is 2.76 bits per heavy atom. The van der Waals surface area contributed by atoms with Crippen LogP contribution in [-0.4, -0.2) is 17.3 Å². The minimum absolute atomic E-state index is 0.170. The van der Waals surface area contributed by atoms with Gasteiger partial charge >= 0.3 is 0 Å². The van der Waals surface area contributed by atoms with Crippen molar-refractivity contribution in [2.75, 3.05) is 0 Å². The minimum atomic E-state index is -0.170. The molecule has 17 heavy (non-hydrogen) atoms. The number of hydrogen-bond donors (Lipinski definition) is 2. The lowest BCUT2D eigenvalue weighted by molar-refractivity contribution is 0.0860. The van der Waals surface area contributed by atoms with E-state index in [9.17, 15) is 5.11 Å². The zero-order chi connectivity index (χ0) is 12.3. The van der Waals surface area contributed by atoms with Crippen molar-refractivity contribution in [2.24, 2.45) is 0 Å². The van der Waals surface area contributed by atoms with Gasteiger partial charge in [-0.2, -0.15) is 0 Å². The van der Waals surface area contributed by atoms with Gasteiger partial charge in [0.05, 0.1) is 6.10 Å². The van der Waals surface area contributed by atoms with Gasteiger partial charge in [-0.3, -0.25) is 0 Å². The number of aryl methyl sites for hydroxylation is 1. The number of hydrogen-bond acceptors (Lipinski definition) is 2. The molecule has 3 atom stereocenters. The molecule has 1 aromatic carbocycles. The second kappa shape index (κ2) is 5.65. The van der Waals surface area contributed by atoms with E-state index in [2.05, 4.69) is 43.4 Å². The first-order valence-corrected chi connectivity index (χ1v) is 6.67. The summed E-state index contributed by atoms with van der Waals surface area (Å²) < 4.78 is 0. The fourth-order valence-corrected chi connectivity index (χ4v) is 2.66. The molecule has 1 aliphatic rings. The second-order valence-corrected chi connectivity index (χ2v) is 5.26. The Morgan fingerprint density at radius 1 is 1.29 bits per heavy atom. The van der Waals surface area contributed by atoms with Crippen LogP contribution in [0.1, 0.15) is 49.8 Å². The predicted octanol–water partition coefficient (Wildman–Crippen LogP) is 2.95. The molecular weight excluding hydrogens is 210 g/mol. The molecule has 0 spiro atoms. The topological polar surface area (TPSA) is 32.3 Å². The Hall–Kier alpha value is -0.860. The van der Waals surface area contributed by atoms with Gasteiger partial charge in [-0.05, 0) is 32.3 Å². The van der Waals surface area contributed by atoms with E-state index in [1.807, 2.05) is 0 Å². The van der Waals surface area contributed by atoms with Crippen LogP contribution in [0, 0.1) is 6.92 Å². The quantitative estimate of drug-likeness (QED) is 0.841. The molecule has 1 aromatic rings. The maximum atomic E-state index is 9.96. The summed E-state index contributed by atoms with van der Waals surface area (Å²) in [6, 6.07) is 9.16. The molecule has 94 valence electrons. The van der Waals surface area contributed by atoms with Crippen LogP contribution in [0.15, 0.2) is 24.3 Å². The van der Waals surface area contributed by atoms with Gasteiger partial charge in [-0.15, -0.1) is 0 Å². The average Bonchev–Trinajstić information content (AvgIpc) is 2.32. The zero-order valence-electron chi connectivity index (χ0n) is 10.8. The van der Waals surface area contributed by atoms with Crippen LogP contribution >= 0.6 is 0 Å². The highest BCUT2D eigenvalue weighted by Crippen LogP contribution is 2.22. The monoisotopic (exact) mass is 233 g/mol. The first-order valence-electron chi connectivity index (χ1n) is 6.67. The van der Waals surface area contributed by atoms with E-state index in [-0.39, 0.29) is 12.1 Å². The van der Waals surface area contributed by atoms with Crippen LogP contribution in [0.3, 0.4) is 0 Å². The Balaban J connectivity index is 1.98. The van der Waals surface area contributed by atoms with E-state index < -0.39 is 0 Å².